The number of nitrogens with two attached hydrogens (primary N) is 1. The summed E-state index contributed by atoms with van der Waals surface area (Å²) in [5.74, 6) is 0. The van der Waals surface area contributed by atoms with Crippen LogP contribution >= 0.6 is 11.6 Å². The number of fused-ring (bicyclic) bond motifs is 1. The standard InChI is InChI=1S/C13H15ClN2/c1-12(2)7-13(12,15)10-6-16-11-5-8(14)3-4-9(10)11/h3-6,16H,7,15H2,1-2H3. The Labute approximate surface area is 99.8 Å². The molecule has 1 aliphatic carbocycles. The lowest BCUT2D eigenvalue weighted by molar-refractivity contribution is 0.512. The average Bonchev–Trinajstić information content (AvgIpc) is 2.60. The summed E-state index contributed by atoms with van der Waals surface area (Å²) < 4.78 is 0. The summed E-state index contributed by atoms with van der Waals surface area (Å²) >= 11 is 5.96. The molecule has 1 heterocycles. The zero-order valence-corrected chi connectivity index (χ0v) is 10.2. The van der Waals surface area contributed by atoms with Crippen LogP contribution < -0.4 is 5.73 Å². The van der Waals surface area contributed by atoms with Gasteiger partial charge >= 0.3 is 0 Å². The number of nitrogens with one attached hydrogen (secondary N) is 1. The highest BCUT2D eigenvalue weighted by Crippen LogP contribution is 2.61. The van der Waals surface area contributed by atoms with Crippen molar-refractivity contribution in [3.8, 4) is 0 Å². The highest BCUT2D eigenvalue weighted by molar-refractivity contribution is 6.31. The van der Waals surface area contributed by atoms with Crippen LogP contribution in [0.4, 0.5) is 0 Å². The molecule has 84 valence electrons. The van der Waals surface area contributed by atoms with Gasteiger partial charge in [0.15, 0.2) is 0 Å². The van der Waals surface area contributed by atoms with Crippen molar-refractivity contribution < 1.29 is 0 Å². The van der Waals surface area contributed by atoms with Gasteiger partial charge in [0.1, 0.15) is 0 Å². The van der Waals surface area contributed by atoms with E-state index in [1.165, 1.54) is 10.9 Å². The largest absolute Gasteiger partial charge is 0.361 e. The minimum atomic E-state index is -0.181. The first kappa shape index (κ1) is 10.2. The Hall–Kier alpha value is -0.990. The zero-order valence-electron chi connectivity index (χ0n) is 9.47. The van der Waals surface area contributed by atoms with Gasteiger partial charge < -0.3 is 10.7 Å². The van der Waals surface area contributed by atoms with Gasteiger partial charge in [-0.1, -0.05) is 31.5 Å². The van der Waals surface area contributed by atoms with Crippen molar-refractivity contribution >= 4 is 22.5 Å². The molecule has 1 saturated carbocycles. The van der Waals surface area contributed by atoms with Gasteiger partial charge in [0.25, 0.3) is 0 Å². The van der Waals surface area contributed by atoms with Crippen LogP contribution in [0, 0.1) is 5.41 Å². The molecule has 1 aromatic carbocycles. The molecule has 1 aromatic heterocycles. The van der Waals surface area contributed by atoms with Gasteiger partial charge in [0, 0.05) is 27.7 Å². The van der Waals surface area contributed by atoms with Crippen LogP contribution in [0.2, 0.25) is 5.02 Å². The van der Waals surface area contributed by atoms with E-state index in [1.54, 1.807) is 0 Å². The van der Waals surface area contributed by atoms with Gasteiger partial charge in [0.2, 0.25) is 0 Å². The van der Waals surface area contributed by atoms with Crippen molar-refractivity contribution in [2.75, 3.05) is 0 Å². The SMILES string of the molecule is CC1(C)CC1(N)c1c[nH]c2cc(Cl)ccc12. The molecule has 1 unspecified atom stereocenters. The van der Waals surface area contributed by atoms with E-state index in [2.05, 4.69) is 18.8 Å². The minimum Gasteiger partial charge on any atom is -0.361 e. The number of hydrogen-bond donors (Lipinski definition) is 2. The van der Waals surface area contributed by atoms with Crippen molar-refractivity contribution in [3.05, 3.63) is 35.0 Å². The van der Waals surface area contributed by atoms with E-state index >= 15 is 0 Å². The molecule has 1 fully saturated rings. The normalized spacial score (nSPS) is 27.2. The number of H-pyrrole nitrogens is 1. The fourth-order valence-electron chi connectivity index (χ4n) is 2.58. The van der Waals surface area contributed by atoms with Crippen LogP contribution in [-0.2, 0) is 5.54 Å². The van der Waals surface area contributed by atoms with Crippen LogP contribution in [0.3, 0.4) is 0 Å². The molecule has 3 heteroatoms. The number of hydrogen-bond acceptors (Lipinski definition) is 1. The van der Waals surface area contributed by atoms with E-state index in [0.717, 1.165) is 17.0 Å². The lowest BCUT2D eigenvalue weighted by Gasteiger charge is -2.14. The van der Waals surface area contributed by atoms with Gasteiger partial charge in [-0.25, -0.2) is 0 Å². The summed E-state index contributed by atoms with van der Waals surface area (Å²) in [4.78, 5) is 3.25. The van der Waals surface area contributed by atoms with Crippen LogP contribution in [-0.4, -0.2) is 4.98 Å². The summed E-state index contributed by atoms with van der Waals surface area (Å²) in [5, 5.41) is 1.94. The summed E-state index contributed by atoms with van der Waals surface area (Å²) in [6.45, 7) is 4.42. The van der Waals surface area contributed by atoms with Crippen molar-refractivity contribution in [1.29, 1.82) is 0 Å². The third-order valence-electron chi connectivity index (χ3n) is 3.93. The quantitative estimate of drug-likeness (QED) is 0.780. The second kappa shape index (κ2) is 2.82. The van der Waals surface area contributed by atoms with Crippen LogP contribution in [0.5, 0.6) is 0 Å². The van der Waals surface area contributed by atoms with E-state index in [9.17, 15) is 0 Å². The molecule has 0 bridgehead atoms. The molecule has 16 heavy (non-hydrogen) atoms. The Morgan fingerprint density at radius 2 is 2.06 bits per heavy atom. The number of aromatic nitrogens is 1. The summed E-state index contributed by atoms with van der Waals surface area (Å²) in [5.41, 5.74) is 8.73. The van der Waals surface area contributed by atoms with Crippen LogP contribution in [0.1, 0.15) is 25.8 Å². The second-order valence-corrected chi connectivity index (χ2v) is 5.86. The van der Waals surface area contributed by atoms with E-state index in [1.807, 2.05) is 24.4 Å². The maximum Gasteiger partial charge on any atom is 0.0489 e. The first-order valence-corrected chi connectivity index (χ1v) is 5.88. The van der Waals surface area contributed by atoms with Crippen molar-refractivity contribution in [3.63, 3.8) is 0 Å². The first-order valence-electron chi connectivity index (χ1n) is 5.50. The minimum absolute atomic E-state index is 0.181. The maximum absolute atomic E-state index is 6.44. The Bertz CT molecular complexity index is 570. The topological polar surface area (TPSA) is 41.8 Å². The molecule has 1 aliphatic rings. The summed E-state index contributed by atoms with van der Waals surface area (Å²) in [7, 11) is 0. The molecule has 0 spiro atoms. The molecule has 3 N–H and O–H groups in total. The Balaban J connectivity index is 2.20. The Kier molecular flexibility index (Phi) is 1.79. The van der Waals surface area contributed by atoms with Crippen LogP contribution in [0.15, 0.2) is 24.4 Å². The predicted octanol–water partition coefficient (Wildman–Crippen LogP) is 3.41. The predicted molar refractivity (Wildman–Crippen MR) is 67.6 cm³/mol. The van der Waals surface area contributed by atoms with Gasteiger partial charge in [-0.2, -0.15) is 0 Å². The van der Waals surface area contributed by atoms with Crippen LogP contribution in [0.25, 0.3) is 10.9 Å². The third-order valence-corrected chi connectivity index (χ3v) is 4.16. The molecule has 2 nitrogen and oxygen atoms in total. The van der Waals surface area contributed by atoms with Gasteiger partial charge in [-0.15, -0.1) is 0 Å². The molecule has 1 atom stereocenters. The van der Waals surface area contributed by atoms with Crippen molar-refractivity contribution in [2.24, 2.45) is 11.1 Å². The smallest absolute Gasteiger partial charge is 0.0489 e. The second-order valence-electron chi connectivity index (χ2n) is 5.42. The van der Waals surface area contributed by atoms with Crippen molar-refractivity contribution in [1.82, 2.24) is 4.98 Å². The van der Waals surface area contributed by atoms with E-state index in [-0.39, 0.29) is 11.0 Å². The lowest BCUT2D eigenvalue weighted by atomic mass is 9.97. The van der Waals surface area contributed by atoms with Gasteiger partial charge in [-0.3, -0.25) is 0 Å². The Morgan fingerprint density at radius 1 is 1.38 bits per heavy atom. The van der Waals surface area contributed by atoms with Gasteiger partial charge in [-0.05, 0) is 29.5 Å². The average molecular weight is 235 g/mol. The van der Waals surface area contributed by atoms with Gasteiger partial charge in [0.05, 0.1) is 0 Å². The lowest BCUT2D eigenvalue weighted by Crippen LogP contribution is -2.25. The fourth-order valence-corrected chi connectivity index (χ4v) is 2.75. The van der Waals surface area contributed by atoms with Crippen molar-refractivity contribution in [2.45, 2.75) is 25.8 Å². The van der Waals surface area contributed by atoms with E-state index in [4.69, 9.17) is 17.3 Å². The van der Waals surface area contributed by atoms with E-state index in [0.29, 0.717) is 0 Å². The molecule has 0 aliphatic heterocycles. The molecular formula is C13H15ClN2. The molecule has 0 saturated heterocycles. The fraction of sp³-hybridized carbons (Fsp3) is 0.385. The zero-order chi connectivity index (χ0) is 11.6. The number of halogens is 1. The number of benzene rings is 1. The number of aromatic amines is 1. The first-order chi connectivity index (χ1) is 7.44. The summed E-state index contributed by atoms with van der Waals surface area (Å²) in [6, 6.07) is 5.91. The summed E-state index contributed by atoms with van der Waals surface area (Å²) in [6.07, 6.45) is 3.06. The molecule has 0 amide bonds. The molecule has 2 aromatic rings. The monoisotopic (exact) mass is 234 g/mol. The molecule has 3 rings (SSSR count). The van der Waals surface area contributed by atoms with E-state index < -0.39 is 0 Å². The Morgan fingerprint density at radius 3 is 2.69 bits per heavy atom. The highest BCUT2D eigenvalue weighted by atomic mass is 35.5. The third kappa shape index (κ3) is 1.17. The molecule has 0 radical (unpaired) electrons. The molecular weight excluding hydrogens is 220 g/mol. The highest BCUT2D eigenvalue weighted by Gasteiger charge is 2.60. The number of rotatable bonds is 1. The maximum atomic E-state index is 6.44.